The van der Waals surface area contributed by atoms with Gasteiger partial charge in [-0.3, -0.25) is 24.1 Å². The van der Waals surface area contributed by atoms with Crippen molar-refractivity contribution in [2.45, 2.75) is 118 Å². The summed E-state index contributed by atoms with van der Waals surface area (Å²) in [5.41, 5.74) is -0.268. The molecule has 2 N–H and O–H groups in total. The standard InChI is InChI=1S/C31H54N4O7/c1-19(2)24(18-21(5)27(37)32-22(30(40)42-11)15-16-25(36)41-10)34(9)29(39)26(31(6,7)8)33-28(38)23-14-12-13-17-35(23)20(3)4/h18-20,22-24,26H,12-17H2,1-11H3,(H,32,37)(H,33,38)/b21-18+/t22-,23-,24-,26?/m1/s1. The molecular weight excluding hydrogens is 540 g/mol. The van der Waals surface area contributed by atoms with Crippen LogP contribution in [0.1, 0.15) is 87.5 Å². The van der Waals surface area contributed by atoms with E-state index in [-0.39, 0.29) is 42.7 Å². The van der Waals surface area contributed by atoms with Gasteiger partial charge in [-0.15, -0.1) is 0 Å². The zero-order valence-corrected chi connectivity index (χ0v) is 27.5. The van der Waals surface area contributed by atoms with Crippen LogP contribution < -0.4 is 10.6 Å². The number of hydrogen-bond donors (Lipinski definition) is 2. The predicted molar refractivity (Wildman–Crippen MR) is 161 cm³/mol. The molecule has 1 unspecified atom stereocenters. The van der Waals surface area contributed by atoms with Gasteiger partial charge in [-0.05, 0) is 57.9 Å². The van der Waals surface area contributed by atoms with E-state index >= 15 is 0 Å². The molecule has 1 aliphatic rings. The molecule has 0 radical (unpaired) electrons. The van der Waals surface area contributed by atoms with Gasteiger partial charge < -0.3 is 25.0 Å². The minimum atomic E-state index is -1.03. The second-order valence-electron chi connectivity index (χ2n) is 12.8. The maximum absolute atomic E-state index is 14.0. The average Bonchev–Trinajstić information content (AvgIpc) is 2.93. The van der Waals surface area contributed by atoms with Crippen molar-refractivity contribution in [1.82, 2.24) is 20.4 Å². The number of ether oxygens (including phenoxy) is 2. The number of methoxy groups -OCH3 is 2. The van der Waals surface area contributed by atoms with Gasteiger partial charge in [0.2, 0.25) is 17.7 Å². The van der Waals surface area contributed by atoms with E-state index < -0.39 is 41.4 Å². The van der Waals surface area contributed by atoms with E-state index in [1.165, 1.54) is 14.2 Å². The number of carbonyl (C=O) groups is 5. The molecule has 3 amide bonds. The predicted octanol–water partition coefficient (Wildman–Crippen LogP) is 2.82. The first-order chi connectivity index (χ1) is 19.5. The Bertz CT molecular complexity index is 986. The first kappa shape index (κ1) is 37.1. The highest BCUT2D eigenvalue weighted by Crippen LogP contribution is 2.26. The number of likely N-dealkylation sites (tertiary alicyclic amines) is 1. The smallest absolute Gasteiger partial charge is 0.328 e. The molecule has 1 heterocycles. The molecule has 240 valence electrons. The van der Waals surface area contributed by atoms with Gasteiger partial charge in [0.25, 0.3) is 0 Å². The molecule has 0 aromatic heterocycles. The van der Waals surface area contributed by atoms with Crippen LogP contribution in [0.5, 0.6) is 0 Å². The van der Waals surface area contributed by atoms with E-state index in [2.05, 4.69) is 34.1 Å². The zero-order chi connectivity index (χ0) is 32.4. The third-order valence-electron chi connectivity index (χ3n) is 7.82. The third-order valence-corrected chi connectivity index (χ3v) is 7.82. The molecule has 1 rings (SSSR count). The fourth-order valence-electron chi connectivity index (χ4n) is 5.20. The highest BCUT2D eigenvalue weighted by molar-refractivity contribution is 5.96. The van der Waals surface area contributed by atoms with Crippen LogP contribution in [0, 0.1) is 11.3 Å². The number of likely N-dealkylation sites (N-methyl/N-ethyl adjacent to an activating group) is 1. The van der Waals surface area contributed by atoms with Gasteiger partial charge in [-0.2, -0.15) is 0 Å². The normalized spacial score (nSPS) is 18.6. The van der Waals surface area contributed by atoms with Crippen molar-refractivity contribution in [3.05, 3.63) is 11.6 Å². The van der Waals surface area contributed by atoms with Crippen molar-refractivity contribution in [3.63, 3.8) is 0 Å². The summed E-state index contributed by atoms with van der Waals surface area (Å²) in [5.74, 6) is -2.16. The monoisotopic (exact) mass is 594 g/mol. The van der Waals surface area contributed by atoms with Gasteiger partial charge in [0.05, 0.1) is 26.3 Å². The Hall–Kier alpha value is -2.95. The number of amides is 3. The number of carbonyl (C=O) groups excluding carboxylic acids is 5. The molecule has 4 atom stereocenters. The largest absolute Gasteiger partial charge is 0.469 e. The Morgan fingerprint density at radius 2 is 1.62 bits per heavy atom. The van der Waals surface area contributed by atoms with Gasteiger partial charge in [0.1, 0.15) is 12.1 Å². The first-order valence-corrected chi connectivity index (χ1v) is 14.9. The van der Waals surface area contributed by atoms with Crippen molar-refractivity contribution in [2.75, 3.05) is 27.8 Å². The summed E-state index contributed by atoms with van der Waals surface area (Å²) in [5, 5.41) is 5.70. The fraction of sp³-hybridized carbons (Fsp3) is 0.774. The molecule has 1 aliphatic heterocycles. The van der Waals surface area contributed by atoms with Crippen LogP contribution in [0.4, 0.5) is 0 Å². The lowest BCUT2D eigenvalue weighted by atomic mass is 9.84. The molecule has 11 nitrogen and oxygen atoms in total. The van der Waals surface area contributed by atoms with Crippen LogP contribution in [-0.4, -0.2) is 97.5 Å². The summed E-state index contributed by atoms with van der Waals surface area (Å²) in [6, 6.07) is -2.35. The lowest BCUT2D eigenvalue weighted by molar-refractivity contribution is -0.146. The number of rotatable bonds is 13. The molecule has 0 bridgehead atoms. The highest BCUT2D eigenvalue weighted by atomic mass is 16.5. The fourth-order valence-corrected chi connectivity index (χ4v) is 5.20. The van der Waals surface area contributed by atoms with Crippen molar-refractivity contribution >= 4 is 29.7 Å². The quantitative estimate of drug-likeness (QED) is 0.246. The van der Waals surface area contributed by atoms with Gasteiger partial charge in [-0.1, -0.05) is 47.1 Å². The van der Waals surface area contributed by atoms with Crippen molar-refractivity contribution in [1.29, 1.82) is 0 Å². The van der Waals surface area contributed by atoms with E-state index in [9.17, 15) is 24.0 Å². The van der Waals surface area contributed by atoms with Crippen LogP contribution in [0.3, 0.4) is 0 Å². The summed E-state index contributed by atoms with van der Waals surface area (Å²) in [6.07, 6.45) is 4.41. The number of piperidine rings is 1. The highest BCUT2D eigenvalue weighted by Gasteiger charge is 2.40. The van der Waals surface area contributed by atoms with Crippen molar-refractivity contribution in [2.24, 2.45) is 11.3 Å². The Balaban J connectivity index is 3.18. The van der Waals surface area contributed by atoms with E-state index in [0.717, 1.165) is 25.8 Å². The van der Waals surface area contributed by atoms with Crippen LogP contribution in [0.2, 0.25) is 0 Å². The number of nitrogens with zero attached hydrogens (tertiary/aromatic N) is 2. The second-order valence-corrected chi connectivity index (χ2v) is 12.8. The molecular formula is C31H54N4O7. The summed E-state index contributed by atoms with van der Waals surface area (Å²) in [4.78, 5) is 68.1. The molecule has 0 aliphatic carbocycles. The van der Waals surface area contributed by atoms with Gasteiger partial charge >= 0.3 is 11.9 Å². The molecule has 42 heavy (non-hydrogen) atoms. The van der Waals surface area contributed by atoms with Crippen LogP contribution in [0.25, 0.3) is 0 Å². The Kier molecular flexibility index (Phi) is 14.7. The van der Waals surface area contributed by atoms with E-state index in [1.807, 2.05) is 34.6 Å². The van der Waals surface area contributed by atoms with E-state index in [1.54, 1.807) is 24.9 Å². The van der Waals surface area contributed by atoms with Crippen molar-refractivity contribution < 1.29 is 33.4 Å². The minimum Gasteiger partial charge on any atom is -0.469 e. The number of hydrogen-bond acceptors (Lipinski definition) is 8. The maximum Gasteiger partial charge on any atom is 0.328 e. The third kappa shape index (κ3) is 10.7. The van der Waals surface area contributed by atoms with E-state index in [0.29, 0.717) is 5.57 Å². The molecule has 1 saturated heterocycles. The molecule has 0 aromatic carbocycles. The second kappa shape index (κ2) is 16.6. The minimum absolute atomic E-state index is 0.0204. The lowest BCUT2D eigenvalue weighted by Gasteiger charge is -2.41. The topological polar surface area (TPSA) is 134 Å². The van der Waals surface area contributed by atoms with E-state index in [4.69, 9.17) is 4.74 Å². The molecule has 0 aromatic rings. The summed E-state index contributed by atoms with van der Waals surface area (Å²) < 4.78 is 9.42. The molecule has 0 saturated carbocycles. The lowest BCUT2D eigenvalue weighted by Crippen LogP contribution is -2.60. The van der Waals surface area contributed by atoms with Crippen LogP contribution >= 0.6 is 0 Å². The molecule has 1 fully saturated rings. The van der Waals surface area contributed by atoms with Gasteiger partial charge in [-0.25, -0.2) is 4.79 Å². The first-order valence-electron chi connectivity index (χ1n) is 14.9. The molecule has 11 heteroatoms. The summed E-state index contributed by atoms with van der Waals surface area (Å²) in [7, 11) is 4.13. The Morgan fingerprint density at radius 3 is 2.12 bits per heavy atom. The zero-order valence-electron chi connectivity index (χ0n) is 27.5. The summed E-state index contributed by atoms with van der Waals surface area (Å²) >= 11 is 0. The van der Waals surface area contributed by atoms with Crippen molar-refractivity contribution in [3.8, 4) is 0 Å². The molecule has 0 spiro atoms. The maximum atomic E-state index is 14.0. The Labute approximate surface area is 252 Å². The summed E-state index contributed by atoms with van der Waals surface area (Å²) in [6.45, 7) is 16.3. The van der Waals surface area contributed by atoms with Gasteiger partial charge in [0.15, 0.2) is 0 Å². The SMILES string of the molecule is COC(=O)CC[C@@H](NC(=O)/C(C)=C/[C@H](C(C)C)N(C)C(=O)C(NC(=O)[C@H]1CCCCN1C(C)C)C(C)(C)C)C(=O)OC. The Morgan fingerprint density at radius 1 is 1.00 bits per heavy atom. The van der Waals surface area contributed by atoms with Crippen LogP contribution in [-0.2, 0) is 33.4 Å². The van der Waals surface area contributed by atoms with Gasteiger partial charge in [0, 0.05) is 25.1 Å². The van der Waals surface area contributed by atoms with Crippen LogP contribution in [0.15, 0.2) is 11.6 Å². The number of esters is 2. The number of nitrogens with one attached hydrogen (secondary N) is 2. The average molecular weight is 595 g/mol.